The van der Waals surface area contributed by atoms with E-state index in [9.17, 15) is 0 Å². The largest absolute Gasteiger partial charge is 0.457 e. The number of benzene rings is 9. The van der Waals surface area contributed by atoms with Gasteiger partial charge >= 0.3 is 0 Å². The minimum atomic E-state index is 0.421. The molecule has 11 rings (SSSR count). The van der Waals surface area contributed by atoms with Gasteiger partial charge in [0.15, 0.2) is 0 Å². The highest BCUT2D eigenvalue weighted by atomic mass is 16.5. The summed E-state index contributed by atoms with van der Waals surface area (Å²) in [7, 11) is 0. The molecular weight excluding hydrogens is 801 g/mol. The van der Waals surface area contributed by atoms with Crippen LogP contribution in [0.2, 0.25) is 0 Å². The van der Waals surface area contributed by atoms with E-state index in [0.717, 1.165) is 47.8 Å². The van der Waals surface area contributed by atoms with E-state index >= 15 is 0 Å². The summed E-state index contributed by atoms with van der Waals surface area (Å²) in [5.41, 5.74) is 18.7. The summed E-state index contributed by atoms with van der Waals surface area (Å²) in [6, 6.07) is 77.6. The molecule has 3 heteroatoms. The Labute approximate surface area is 389 Å². The molecule has 0 amide bonds. The zero-order valence-electron chi connectivity index (χ0n) is 38.0. The first-order valence-corrected chi connectivity index (χ1v) is 23.6. The van der Waals surface area contributed by atoms with Crippen molar-refractivity contribution in [3.8, 4) is 39.4 Å². The molecule has 0 fully saturated rings. The quantitative estimate of drug-likeness (QED) is 0.115. The van der Waals surface area contributed by atoms with Crippen LogP contribution in [0.25, 0.3) is 49.7 Å². The molecule has 0 saturated carbocycles. The first kappa shape index (κ1) is 41.1. The van der Waals surface area contributed by atoms with Crippen LogP contribution in [0.5, 0.6) is 11.5 Å². The third-order valence-electron chi connectivity index (χ3n) is 13.9. The number of rotatable bonds is 13. The molecule has 1 aromatic heterocycles. The van der Waals surface area contributed by atoms with Gasteiger partial charge in [0, 0.05) is 33.5 Å². The Bertz CT molecular complexity index is 3240. The van der Waals surface area contributed by atoms with Crippen molar-refractivity contribution in [3.05, 3.63) is 240 Å². The van der Waals surface area contributed by atoms with Crippen LogP contribution in [0.1, 0.15) is 66.3 Å². The van der Waals surface area contributed by atoms with Gasteiger partial charge in [0.05, 0.1) is 11.0 Å². The highest BCUT2D eigenvalue weighted by Crippen LogP contribution is 2.40. The molecule has 0 saturated heterocycles. The highest BCUT2D eigenvalue weighted by Gasteiger charge is 2.19. The minimum Gasteiger partial charge on any atom is -0.457 e. The van der Waals surface area contributed by atoms with Crippen molar-refractivity contribution < 1.29 is 4.74 Å². The maximum Gasteiger partial charge on any atom is 0.127 e. The molecule has 322 valence electrons. The van der Waals surface area contributed by atoms with E-state index < -0.39 is 0 Å². The van der Waals surface area contributed by atoms with Crippen LogP contribution in [0.15, 0.2) is 212 Å². The maximum absolute atomic E-state index is 6.24. The van der Waals surface area contributed by atoms with Crippen LogP contribution in [-0.4, -0.2) is 4.57 Å². The fourth-order valence-corrected chi connectivity index (χ4v) is 10.0. The third kappa shape index (κ3) is 8.07. The van der Waals surface area contributed by atoms with E-state index in [-0.39, 0.29) is 0 Å². The van der Waals surface area contributed by atoms with Crippen molar-refractivity contribution in [3.63, 3.8) is 0 Å². The van der Waals surface area contributed by atoms with Crippen LogP contribution in [0, 0.1) is 6.92 Å². The number of nitrogens with zero attached hydrogens (tertiary/aromatic N) is 2. The third-order valence-corrected chi connectivity index (χ3v) is 13.9. The lowest BCUT2D eigenvalue weighted by atomic mass is 9.84. The summed E-state index contributed by atoms with van der Waals surface area (Å²) in [4.78, 5) is 2.31. The normalized spacial score (nSPS) is 13.0. The number of hydrogen-bond acceptors (Lipinski definition) is 2. The van der Waals surface area contributed by atoms with Crippen molar-refractivity contribution in [2.24, 2.45) is 0 Å². The smallest absolute Gasteiger partial charge is 0.127 e. The van der Waals surface area contributed by atoms with E-state index in [4.69, 9.17) is 4.74 Å². The van der Waals surface area contributed by atoms with Crippen LogP contribution in [0.3, 0.4) is 0 Å². The molecule has 66 heavy (non-hydrogen) atoms. The topological polar surface area (TPSA) is 17.4 Å². The summed E-state index contributed by atoms with van der Waals surface area (Å²) >= 11 is 0. The van der Waals surface area contributed by atoms with Gasteiger partial charge < -0.3 is 14.2 Å². The summed E-state index contributed by atoms with van der Waals surface area (Å²) in [5, 5.41) is 2.49. The minimum absolute atomic E-state index is 0.421. The molecule has 0 spiro atoms. The van der Waals surface area contributed by atoms with Gasteiger partial charge in [-0.05, 0) is 186 Å². The van der Waals surface area contributed by atoms with Crippen molar-refractivity contribution in [2.45, 2.75) is 58.3 Å². The van der Waals surface area contributed by atoms with E-state index in [1.807, 2.05) is 0 Å². The first-order valence-electron chi connectivity index (χ1n) is 23.6. The maximum atomic E-state index is 6.24. The zero-order valence-corrected chi connectivity index (χ0v) is 38.0. The van der Waals surface area contributed by atoms with Gasteiger partial charge in [-0.1, -0.05) is 135 Å². The number of anilines is 3. The zero-order chi connectivity index (χ0) is 44.6. The highest BCUT2D eigenvalue weighted by molar-refractivity contribution is 6.11. The van der Waals surface area contributed by atoms with Crippen LogP contribution < -0.4 is 9.64 Å². The lowest BCUT2D eigenvalue weighted by Gasteiger charge is -2.25. The second-order valence-corrected chi connectivity index (χ2v) is 18.2. The predicted octanol–water partition coefficient (Wildman–Crippen LogP) is 17.5. The van der Waals surface area contributed by atoms with Crippen molar-refractivity contribution in [1.29, 1.82) is 0 Å². The Morgan fingerprint density at radius 3 is 1.55 bits per heavy atom. The van der Waals surface area contributed by atoms with Crippen LogP contribution in [0.4, 0.5) is 17.1 Å². The van der Waals surface area contributed by atoms with Crippen molar-refractivity contribution >= 4 is 38.9 Å². The number of aryl methyl sites for hydroxylation is 3. The molecule has 1 aliphatic carbocycles. The Kier molecular flexibility index (Phi) is 11.1. The lowest BCUT2D eigenvalue weighted by Crippen LogP contribution is -2.09. The fraction of sp³-hybridized carbons (Fsp3) is 0.143. The van der Waals surface area contributed by atoms with E-state index in [2.05, 4.69) is 243 Å². The second kappa shape index (κ2) is 17.7. The molecule has 1 heterocycles. The molecule has 3 nitrogen and oxygen atoms in total. The molecule has 2 unspecified atom stereocenters. The fourth-order valence-electron chi connectivity index (χ4n) is 10.0. The number of hydrogen-bond donors (Lipinski definition) is 0. The average Bonchev–Trinajstić information content (AvgIpc) is 3.68. The Hall–Kier alpha value is -7.62. The Balaban J connectivity index is 0.869. The van der Waals surface area contributed by atoms with Gasteiger partial charge in [0.1, 0.15) is 11.5 Å². The van der Waals surface area contributed by atoms with Gasteiger partial charge in [-0.2, -0.15) is 0 Å². The Morgan fingerprint density at radius 2 is 1.00 bits per heavy atom. The average molecular weight is 855 g/mol. The molecule has 1 aliphatic rings. The van der Waals surface area contributed by atoms with E-state index in [1.165, 1.54) is 84.0 Å². The van der Waals surface area contributed by atoms with Crippen molar-refractivity contribution in [1.82, 2.24) is 4.57 Å². The Morgan fingerprint density at radius 1 is 0.485 bits per heavy atom. The van der Waals surface area contributed by atoms with Crippen LogP contribution >= 0.6 is 0 Å². The number of para-hydroxylation sites is 2. The standard InChI is InChI=1S/C63H54N2O/c1-4-45(47-25-34-58(35-26-47)66-59-36-27-49-21-22-51(49)40-59)39-44(3)46-17-19-48(20-18-46)52-28-37-62-60(41-52)61-42-53(29-38-63(61)65(62)57-30-15-43(2)16-31-57)50-23-32-56(33-24-50)64(54-11-7-5-8-12-54)55-13-9-6-10-14-55/h5-20,23-38,40-42,44-45H,4,21-22,39H2,1-3H3. The number of ether oxygens (including phenoxy) is 1. The first-order chi connectivity index (χ1) is 32.5. The van der Waals surface area contributed by atoms with Gasteiger partial charge in [-0.15, -0.1) is 0 Å². The summed E-state index contributed by atoms with van der Waals surface area (Å²) in [6.07, 6.45) is 4.53. The SMILES string of the molecule is CCC(CC(C)c1ccc(-c2ccc3c(c2)c2cc(-c4ccc(N(c5ccccc5)c5ccccc5)cc4)ccc2n3-c2ccc(C)cc2)cc1)c1ccc(Oc2ccc3c(c2)CC3)cc1. The summed E-state index contributed by atoms with van der Waals surface area (Å²) in [5.74, 6) is 2.72. The molecule has 2 atom stereocenters. The molecular formula is C63H54N2O. The summed E-state index contributed by atoms with van der Waals surface area (Å²) in [6.45, 7) is 6.83. The van der Waals surface area contributed by atoms with Gasteiger partial charge in [-0.25, -0.2) is 0 Å². The molecule has 0 aliphatic heterocycles. The summed E-state index contributed by atoms with van der Waals surface area (Å²) < 4.78 is 8.66. The lowest BCUT2D eigenvalue weighted by molar-refractivity contribution is 0.479. The van der Waals surface area contributed by atoms with Gasteiger partial charge in [0.25, 0.3) is 0 Å². The van der Waals surface area contributed by atoms with Gasteiger partial charge in [-0.3, -0.25) is 0 Å². The van der Waals surface area contributed by atoms with Gasteiger partial charge in [0.2, 0.25) is 0 Å². The molecule has 0 radical (unpaired) electrons. The predicted molar refractivity (Wildman–Crippen MR) is 278 cm³/mol. The molecule has 0 bridgehead atoms. The number of fused-ring (bicyclic) bond motifs is 4. The van der Waals surface area contributed by atoms with E-state index in [0.29, 0.717) is 11.8 Å². The second-order valence-electron chi connectivity index (χ2n) is 18.2. The molecule has 10 aromatic rings. The van der Waals surface area contributed by atoms with Crippen molar-refractivity contribution in [2.75, 3.05) is 4.90 Å². The van der Waals surface area contributed by atoms with Crippen LogP contribution in [-0.2, 0) is 12.8 Å². The molecule has 0 N–H and O–H groups in total. The number of aromatic nitrogens is 1. The van der Waals surface area contributed by atoms with E-state index in [1.54, 1.807) is 0 Å². The molecule has 9 aromatic carbocycles. The monoisotopic (exact) mass is 854 g/mol.